The lowest BCUT2D eigenvalue weighted by molar-refractivity contribution is -0.136. The topological polar surface area (TPSA) is 78.0 Å². The Labute approximate surface area is 172 Å². The van der Waals surface area contributed by atoms with Gasteiger partial charge in [-0.05, 0) is 63.1 Å². The van der Waals surface area contributed by atoms with Crippen molar-refractivity contribution >= 4 is 21.8 Å². The summed E-state index contributed by atoms with van der Waals surface area (Å²) in [7, 11) is -3.58. The summed E-state index contributed by atoms with van der Waals surface area (Å²) in [5.74, 6) is -0.211. The average molecular weight is 420 g/mol. The van der Waals surface area contributed by atoms with Gasteiger partial charge in [0.05, 0.1) is 4.90 Å². The predicted molar refractivity (Wildman–Crippen MR) is 109 cm³/mol. The molecule has 3 aliphatic rings. The number of sulfonamides is 1. The predicted octanol–water partition coefficient (Wildman–Crippen LogP) is 2.09. The van der Waals surface area contributed by atoms with Crippen LogP contribution in [0.4, 0.5) is 0 Å². The van der Waals surface area contributed by atoms with E-state index >= 15 is 0 Å². The van der Waals surface area contributed by atoms with Crippen LogP contribution >= 0.6 is 0 Å². The van der Waals surface area contributed by atoms with Gasteiger partial charge in [-0.25, -0.2) is 8.42 Å². The van der Waals surface area contributed by atoms with Crippen molar-refractivity contribution in [1.29, 1.82) is 0 Å². The molecular formula is C21H29N3O4S. The van der Waals surface area contributed by atoms with Gasteiger partial charge < -0.3 is 9.80 Å². The number of piperidine rings is 1. The highest BCUT2D eigenvalue weighted by molar-refractivity contribution is 7.89. The second-order valence-electron chi connectivity index (χ2n) is 8.18. The molecule has 8 heteroatoms. The second-order valence-corrected chi connectivity index (χ2v) is 10.1. The summed E-state index contributed by atoms with van der Waals surface area (Å²) in [6.45, 7) is 3.12. The van der Waals surface area contributed by atoms with E-state index in [2.05, 4.69) is 0 Å². The van der Waals surface area contributed by atoms with E-state index in [0.29, 0.717) is 31.6 Å². The molecule has 2 amide bonds. The third-order valence-corrected chi connectivity index (χ3v) is 8.14. The van der Waals surface area contributed by atoms with E-state index in [0.717, 1.165) is 51.6 Å². The largest absolute Gasteiger partial charge is 0.341 e. The minimum atomic E-state index is -3.58. The van der Waals surface area contributed by atoms with Crippen molar-refractivity contribution in [3.05, 3.63) is 29.8 Å². The summed E-state index contributed by atoms with van der Waals surface area (Å²) in [6.07, 6.45) is 6.23. The fourth-order valence-corrected chi connectivity index (χ4v) is 6.18. The van der Waals surface area contributed by atoms with E-state index in [1.165, 1.54) is 10.4 Å². The maximum Gasteiger partial charge on any atom is 0.254 e. The van der Waals surface area contributed by atoms with Crippen LogP contribution in [0.3, 0.4) is 0 Å². The van der Waals surface area contributed by atoms with Gasteiger partial charge in [0.25, 0.3) is 5.91 Å². The molecule has 3 aliphatic heterocycles. The van der Waals surface area contributed by atoms with Crippen LogP contribution in [-0.2, 0) is 14.8 Å². The Morgan fingerprint density at radius 1 is 0.862 bits per heavy atom. The molecule has 0 aromatic heterocycles. The van der Waals surface area contributed by atoms with Crippen molar-refractivity contribution in [3.63, 3.8) is 0 Å². The number of amides is 2. The monoisotopic (exact) mass is 419 g/mol. The summed E-state index contributed by atoms with van der Waals surface area (Å²) < 4.78 is 27.2. The molecule has 0 spiro atoms. The number of carbonyl (C=O) groups excluding carboxylic acids is 2. The van der Waals surface area contributed by atoms with E-state index in [9.17, 15) is 18.0 Å². The van der Waals surface area contributed by atoms with Gasteiger partial charge in [0.1, 0.15) is 6.04 Å². The highest BCUT2D eigenvalue weighted by atomic mass is 32.2. The number of benzene rings is 1. The standard InChI is InChI=1S/C21H29N3O4S/c25-20(24-15-2-1-10-19(24)21(26)22-11-3-4-12-22)17-8-7-9-18(16-17)29(27,28)23-13-5-6-14-23/h7-9,16,19H,1-6,10-15H2. The van der Waals surface area contributed by atoms with Gasteiger partial charge in [0.15, 0.2) is 0 Å². The molecule has 3 fully saturated rings. The number of nitrogens with zero attached hydrogens (tertiary/aromatic N) is 3. The molecule has 3 saturated heterocycles. The maximum absolute atomic E-state index is 13.3. The molecule has 158 valence electrons. The molecule has 0 aliphatic carbocycles. The molecule has 7 nitrogen and oxygen atoms in total. The normalized spacial score (nSPS) is 23.5. The fraction of sp³-hybridized carbons (Fsp3) is 0.619. The molecule has 3 heterocycles. The van der Waals surface area contributed by atoms with Gasteiger partial charge in [-0.15, -0.1) is 0 Å². The summed E-state index contributed by atoms with van der Waals surface area (Å²) in [5, 5.41) is 0. The Hall–Kier alpha value is -1.93. The third kappa shape index (κ3) is 4.05. The zero-order valence-corrected chi connectivity index (χ0v) is 17.6. The van der Waals surface area contributed by atoms with Crippen LogP contribution in [0.5, 0.6) is 0 Å². The minimum Gasteiger partial charge on any atom is -0.341 e. The Bertz CT molecular complexity index is 874. The first-order valence-electron chi connectivity index (χ1n) is 10.7. The summed E-state index contributed by atoms with van der Waals surface area (Å²) in [4.78, 5) is 29.9. The summed E-state index contributed by atoms with van der Waals surface area (Å²) >= 11 is 0. The zero-order chi connectivity index (χ0) is 20.4. The van der Waals surface area contributed by atoms with Crippen molar-refractivity contribution < 1.29 is 18.0 Å². The van der Waals surface area contributed by atoms with Gasteiger partial charge >= 0.3 is 0 Å². The zero-order valence-electron chi connectivity index (χ0n) is 16.8. The Morgan fingerprint density at radius 2 is 1.52 bits per heavy atom. The molecule has 4 rings (SSSR count). The molecular weight excluding hydrogens is 390 g/mol. The minimum absolute atomic E-state index is 0.0383. The van der Waals surface area contributed by atoms with Gasteiger partial charge in [0, 0.05) is 38.3 Å². The smallest absolute Gasteiger partial charge is 0.254 e. The van der Waals surface area contributed by atoms with Crippen molar-refractivity contribution in [2.75, 3.05) is 32.7 Å². The number of hydrogen-bond donors (Lipinski definition) is 0. The van der Waals surface area contributed by atoms with E-state index in [4.69, 9.17) is 0 Å². The average Bonchev–Trinajstić information content (AvgIpc) is 3.47. The lowest BCUT2D eigenvalue weighted by Gasteiger charge is -2.37. The molecule has 1 aromatic rings. The quantitative estimate of drug-likeness (QED) is 0.749. The van der Waals surface area contributed by atoms with Crippen LogP contribution in [0.15, 0.2) is 29.2 Å². The fourth-order valence-electron chi connectivity index (χ4n) is 4.61. The number of likely N-dealkylation sites (tertiary alicyclic amines) is 2. The highest BCUT2D eigenvalue weighted by Crippen LogP contribution is 2.25. The lowest BCUT2D eigenvalue weighted by Crippen LogP contribution is -2.52. The Morgan fingerprint density at radius 3 is 2.24 bits per heavy atom. The van der Waals surface area contributed by atoms with Crippen LogP contribution < -0.4 is 0 Å². The molecule has 29 heavy (non-hydrogen) atoms. The molecule has 0 saturated carbocycles. The molecule has 1 atom stereocenters. The Balaban J connectivity index is 1.57. The highest BCUT2D eigenvalue weighted by Gasteiger charge is 2.36. The SMILES string of the molecule is O=C(C1CCCCN1C(=O)c1cccc(S(=O)(=O)N2CCCC2)c1)N1CCCC1. The van der Waals surface area contributed by atoms with E-state index in [1.54, 1.807) is 23.1 Å². The summed E-state index contributed by atoms with van der Waals surface area (Å²) in [6, 6.07) is 5.86. The molecule has 0 bridgehead atoms. The number of hydrogen-bond acceptors (Lipinski definition) is 4. The third-order valence-electron chi connectivity index (χ3n) is 6.25. The van der Waals surface area contributed by atoms with Crippen molar-refractivity contribution in [3.8, 4) is 0 Å². The Kier molecular flexibility index (Phi) is 5.92. The van der Waals surface area contributed by atoms with E-state index in [1.807, 2.05) is 4.90 Å². The van der Waals surface area contributed by atoms with Crippen LogP contribution in [-0.4, -0.2) is 73.1 Å². The van der Waals surface area contributed by atoms with Crippen LogP contribution in [0.25, 0.3) is 0 Å². The van der Waals surface area contributed by atoms with Gasteiger partial charge in [-0.3, -0.25) is 9.59 Å². The first-order chi connectivity index (χ1) is 14.0. The van der Waals surface area contributed by atoms with Crippen LogP contribution in [0.1, 0.15) is 55.3 Å². The first kappa shape index (κ1) is 20.3. The molecule has 0 radical (unpaired) electrons. The van der Waals surface area contributed by atoms with Crippen molar-refractivity contribution in [1.82, 2.24) is 14.1 Å². The molecule has 1 unspecified atom stereocenters. The van der Waals surface area contributed by atoms with E-state index in [-0.39, 0.29) is 16.7 Å². The maximum atomic E-state index is 13.3. The van der Waals surface area contributed by atoms with E-state index < -0.39 is 16.1 Å². The number of rotatable bonds is 4. The van der Waals surface area contributed by atoms with Gasteiger partial charge in [-0.2, -0.15) is 4.31 Å². The van der Waals surface area contributed by atoms with Gasteiger partial charge in [-0.1, -0.05) is 6.07 Å². The van der Waals surface area contributed by atoms with Crippen molar-refractivity contribution in [2.24, 2.45) is 0 Å². The van der Waals surface area contributed by atoms with Gasteiger partial charge in [0.2, 0.25) is 15.9 Å². The number of carbonyl (C=O) groups is 2. The molecule has 0 N–H and O–H groups in total. The summed E-state index contributed by atoms with van der Waals surface area (Å²) in [5.41, 5.74) is 0.339. The van der Waals surface area contributed by atoms with Crippen LogP contribution in [0.2, 0.25) is 0 Å². The first-order valence-corrected chi connectivity index (χ1v) is 12.1. The van der Waals surface area contributed by atoms with Crippen molar-refractivity contribution in [2.45, 2.75) is 55.9 Å². The lowest BCUT2D eigenvalue weighted by atomic mass is 9.99. The van der Waals surface area contributed by atoms with Crippen LogP contribution in [0, 0.1) is 0 Å². The molecule has 1 aromatic carbocycles. The second kappa shape index (κ2) is 8.44.